The van der Waals surface area contributed by atoms with E-state index in [-0.39, 0.29) is 11.8 Å². The van der Waals surface area contributed by atoms with Crippen LogP contribution in [0.25, 0.3) is 0 Å². The zero-order chi connectivity index (χ0) is 15.7. The van der Waals surface area contributed by atoms with Crippen LogP contribution in [-0.4, -0.2) is 53.5 Å². The lowest BCUT2D eigenvalue weighted by atomic mass is 10.1. The summed E-state index contributed by atoms with van der Waals surface area (Å²) < 4.78 is 0. The third kappa shape index (κ3) is 6.05. The monoisotopic (exact) mass is 297 g/mol. The molecule has 0 aromatic carbocycles. The number of rotatable bonds is 11. The number of nitrogens with one attached hydrogen (secondary N) is 1. The molecule has 2 amide bonds. The molecule has 0 fully saturated rings. The molecule has 118 valence electrons. The van der Waals surface area contributed by atoms with Crippen molar-refractivity contribution in [1.29, 1.82) is 0 Å². The number of aliphatic carboxylic acids is 1. The number of hydrogen-bond acceptors (Lipinski definition) is 5. The molecule has 0 aromatic heterocycles. The van der Waals surface area contributed by atoms with Crippen LogP contribution in [0.15, 0.2) is 12.2 Å². The van der Waals surface area contributed by atoms with E-state index in [4.69, 9.17) is 10.8 Å². The molecule has 4 N–H and O–H groups in total. The fourth-order valence-electron chi connectivity index (χ4n) is 2.13. The summed E-state index contributed by atoms with van der Waals surface area (Å²) in [6, 6.07) is -0.562. The van der Waals surface area contributed by atoms with Crippen molar-refractivity contribution in [2.24, 2.45) is 5.73 Å². The fraction of sp³-hybridized carbons (Fsp3) is 0.643. The number of carbonyl (C=O) groups excluding carboxylic acids is 2. The van der Waals surface area contributed by atoms with Crippen molar-refractivity contribution in [3.8, 4) is 0 Å². The average Bonchev–Trinajstić information content (AvgIpc) is 2.76. The number of nitrogens with two attached hydrogens (primary N) is 1. The van der Waals surface area contributed by atoms with Crippen LogP contribution < -0.4 is 11.1 Å². The van der Waals surface area contributed by atoms with E-state index in [1.807, 2.05) is 0 Å². The van der Waals surface area contributed by atoms with Crippen molar-refractivity contribution in [1.82, 2.24) is 10.2 Å². The average molecular weight is 297 g/mol. The van der Waals surface area contributed by atoms with E-state index in [0.717, 1.165) is 12.8 Å². The lowest BCUT2D eigenvalue weighted by molar-refractivity contribution is -0.140. The molecule has 1 aliphatic rings. The van der Waals surface area contributed by atoms with Crippen molar-refractivity contribution in [3.05, 3.63) is 12.2 Å². The third-order valence-electron chi connectivity index (χ3n) is 3.34. The largest absolute Gasteiger partial charge is 0.480 e. The van der Waals surface area contributed by atoms with Crippen molar-refractivity contribution >= 4 is 17.8 Å². The summed E-state index contributed by atoms with van der Waals surface area (Å²) in [6.07, 6.45) is 6.04. The van der Waals surface area contributed by atoms with Crippen LogP contribution in [0.1, 0.15) is 32.1 Å². The van der Waals surface area contributed by atoms with E-state index in [2.05, 4.69) is 5.32 Å². The Morgan fingerprint density at radius 2 is 1.86 bits per heavy atom. The molecule has 0 spiro atoms. The van der Waals surface area contributed by atoms with Crippen molar-refractivity contribution in [2.45, 2.75) is 38.1 Å². The number of carboxylic acid groups (broad SMARTS) is 1. The lowest BCUT2D eigenvalue weighted by Crippen LogP contribution is -2.37. The van der Waals surface area contributed by atoms with Gasteiger partial charge in [0, 0.05) is 18.7 Å². The van der Waals surface area contributed by atoms with Crippen molar-refractivity contribution in [3.63, 3.8) is 0 Å². The molecule has 7 heteroatoms. The molecule has 1 aliphatic heterocycles. The third-order valence-corrected chi connectivity index (χ3v) is 3.34. The second-order valence-electron chi connectivity index (χ2n) is 5.00. The molecule has 0 bridgehead atoms. The van der Waals surface area contributed by atoms with Crippen LogP contribution in [0.5, 0.6) is 0 Å². The molecule has 0 saturated heterocycles. The van der Waals surface area contributed by atoms with Gasteiger partial charge in [-0.15, -0.1) is 0 Å². The molecule has 0 aromatic rings. The summed E-state index contributed by atoms with van der Waals surface area (Å²) in [5.74, 6) is -1.42. The highest BCUT2D eigenvalue weighted by atomic mass is 16.4. The van der Waals surface area contributed by atoms with Crippen molar-refractivity contribution < 1.29 is 19.5 Å². The second-order valence-corrected chi connectivity index (χ2v) is 5.00. The number of unbranched alkanes of at least 4 members (excludes halogenated alkanes) is 2. The van der Waals surface area contributed by atoms with Crippen LogP contribution in [0.3, 0.4) is 0 Å². The topological polar surface area (TPSA) is 113 Å². The van der Waals surface area contributed by atoms with Gasteiger partial charge in [0.1, 0.15) is 6.04 Å². The quantitative estimate of drug-likeness (QED) is 0.361. The van der Waals surface area contributed by atoms with Crippen LogP contribution in [-0.2, 0) is 14.4 Å². The Labute approximate surface area is 124 Å². The smallest absolute Gasteiger partial charge is 0.320 e. The highest BCUT2D eigenvalue weighted by Crippen LogP contribution is 2.06. The van der Waals surface area contributed by atoms with E-state index in [0.29, 0.717) is 38.9 Å². The van der Waals surface area contributed by atoms with Gasteiger partial charge in [-0.05, 0) is 38.8 Å². The maximum Gasteiger partial charge on any atom is 0.320 e. The SMILES string of the molecule is NCCCC[C@H](NCCCCN1C(=O)C=CC1=O)C(=O)O. The van der Waals surface area contributed by atoms with E-state index < -0.39 is 12.0 Å². The van der Waals surface area contributed by atoms with Crippen LogP contribution >= 0.6 is 0 Å². The first-order valence-corrected chi connectivity index (χ1v) is 7.26. The Balaban J connectivity index is 2.15. The maximum absolute atomic E-state index is 11.3. The summed E-state index contributed by atoms with van der Waals surface area (Å²) in [6.45, 7) is 1.48. The van der Waals surface area contributed by atoms with E-state index in [1.165, 1.54) is 17.1 Å². The summed E-state index contributed by atoms with van der Waals surface area (Å²) in [5, 5.41) is 12.1. The Morgan fingerprint density at radius 3 is 2.43 bits per heavy atom. The highest BCUT2D eigenvalue weighted by Gasteiger charge is 2.22. The minimum atomic E-state index is -0.860. The number of nitrogens with zero attached hydrogens (tertiary/aromatic N) is 1. The maximum atomic E-state index is 11.3. The zero-order valence-corrected chi connectivity index (χ0v) is 12.1. The molecule has 0 radical (unpaired) electrons. The summed E-state index contributed by atoms with van der Waals surface area (Å²) in [5.41, 5.74) is 5.38. The lowest BCUT2D eigenvalue weighted by Gasteiger charge is -2.16. The molecule has 7 nitrogen and oxygen atoms in total. The minimum Gasteiger partial charge on any atom is -0.480 e. The predicted molar refractivity (Wildman–Crippen MR) is 77.4 cm³/mol. The van der Waals surface area contributed by atoms with Gasteiger partial charge in [-0.25, -0.2) is 0 Å². The Bertz CT molecular complexity index is 391. The zero-order valence-electron chi connectivity index (χ0n) is 12.1. The molecule has 21 heavy (non-hydrogen) atoms. The first-order valence-electron chi connectivity index (χ1n) is 7.26. The first kappa shape index (κ1) is 17.3. The van der Waals surface area contributed by atoms with E-state index >= 15 is 0 Å². The number of amides is 2. The Morgan fingerprint density at radius 1 is 1.19 bits per heavy atom. The fourth-order valence-corrected chi connectivity index (χ4v) is 2.13. The molecule has 0 saturated carbocycles. The molecular formula is C14H23N3O4. The molecule has 1 atom stereocenters. The normalized spacial score (nSPS) is 15.8. The molecule has 0 aliphatic carbocycles. The second kappa shape index (κ2) is 9.25. The highest BCUT2D eigenvalue weighted by molar-refractivity contribution is 6.12. The minimum absolute atomic E-state index is 0.279. The van der Waals surface area contributed by atoms with Gasteiger partial charge in [-0.2, -0.15) is 0 Å². The van der Waals surface area contributed by atoms with Gasteiger partial charge in [0.15, 0.2) is 0 Å². The number of imide groups is 1. The van der Waals surface area contributed by atoms with Gasteiger partial charge in [0.2, 0.25) is 0 Å². The van der Waals surface area contributed by atoms with Gasteiger partial charge in [0.05, 0.1) is 0 Å². The number of hydrogen-bond donors (Lipinski definition) is 3. The van der Waals surface area contributed by atoms with E-state index in [1.54, 1.807) is 0 Å². The van der Waals surface area contributed by atoms with Crippen molar-refractivity contribution in [2.75, 3.05) is 19.6 Å². The number of carboxylic acids is 1. The molecule has 1 heterocycles. The molecule has 1 rings (SSSR count). The van der Waals surface area contributed by atoms with Crippen LogP contribution in [0.4, 0.5) is 0 Å². The predicted octanol–water partition coefficient (Wildman–Crippen LogP) is -0.137. The van der Waals surface area contributed by atoms with Crippen LogP contribution in [0.2, 0.25) is 0 Å². The van der Waals surface area contributed by atoms with Gasteiger partial charge < -0.3 is 16.2 Å². The van der Waals surface area contributed by atoms with Crippen LogP contribution in [0, 0.1) is 0 Å². The Hall–Kier alpha value is -1.73. The Kier molecular flexibility index (Phi) is 7.63. The summed E-state index contributed by atoms with van der Waals surface area (Å²) in [7, 11) is 0. The molecular weight excluding hydrogens is 274 g/mol. The summed E-state index contributed by atoms with van der Waals surface area (Å²) in [4.78, 5) is 34.9. The first-order chi connectivity index (χ1) is 10.1. The number of carbonyl (C=O) groups is 3. The van der Waals surface area contributed by atoms with Gasteiger partial charge in [0.25, 0.3) is 11.8 Å². The van der Waals surface area contributed by atoms with Gasteiger partial charge >= 0.3 is 5.97 Å². The standard InChI is InChI=1S/C14H23N3O4/c15-8-2-1-5-11(14(20)21)16-9-3-4-10-17-12(18)6-7-13(17)19/h6-7,11,16H,1-5,8-10,15H2,(H,20,21)/t11-/m0/s1. The molecule has 0 unspecified atom stereocenters. The summed E-state index contributed by atoms with van der Waals surface area (Å²) >= 11 is 0. The van der Waals surface area contributed by atoms with Gasteiger partial charge in [-0.3, -0.25) is 19.3 Å². The van der Waals surface area contributed by atoms with Gasteiger partial charge in [-0.1, -0.05) is 6.42 Å². The van der Waals surface area contributed by atoms with E-state index in [9.17, 15) is 14.4 Å².